The van der Waals surface area contributed by atoms with Crippen LogP contribution in [0.2, 0.25) is 0 Å². The predicted molar refractivity (Wildman–Crippen MR) is 93.9 cm³/mol. The van der Waals surface area contributed by atoms with Crippen molar-refractivity contribution in [1.82, 2.24) is 15.1 Å². The average molecular weight is 369 g/mol. The first-order valence-corrected chi connectivity index (χ1v) is 9.44. The van der Waals surface area contributed by atoms with Crippen LogP contribution in [0.3, 0.4) is 0 Å². The van der Waals surface area contributed by atoms with E-state index in [0.29, 0.717) is 43.3 Å². The molecular formula is C18H31N3O5. The molecule has 1 atom stereocenters. The second-order valence-corrected chi connectivity index (χ2v) is 8.23. The number of carbonyl (C=O) groups excluding carboxylic acids is 3. The van der Waals surface area contributed by atoms with Crippen LogP contribution in [0.25, 0.3) is 0 Å². The van der Waals surface area contributed by atoms with Crippen LogP contribution >= 0.6 is 0 Å². The van der Waals surface area contributed by atoms with E-state index in [9.17, 15) is 19.6 Å². The lowest BCUT2D eigenvalue weighted by Crippen LogP contribution is -2.50. The Kier molecular flexibility index (Phi) is 6.86. The van der Waals surface area contributed by atoms with Gasteiger partial charge < -0.3 is 4.74 Å². The first-order valence-electron chi connectivity index (χ1n) is 9.44. The van der Waals surface area contributed by atoms with Crippen LogP contribution in [0.5, 0.6) is 0 Å². The fourth-order valence-corrected chi connectivity index (χ4v) is 3.73. The molecule has 1 aliphatic carbocycles. The largest absolute Gasteiger partial charge is 0.442 e. The summed E-state index contributed by atoms with van der Waals surface area (Å²) >= 11 is 0. The van der Waals surface area contributed by atoms with E-state index in [-0.39, 0.29) is 12.5 Å². The first kappa shape index (κ1) is 20.5. The topological polar surface area (TPSA) is 90.4 Å². The lowest BCUT2D eigenvalue weighted by Gasteiger charge is -2.33. The molecule has 3 amide bonds. The van der Waals surface area contributed by atoms with Crippen LogP contribution in [0, 0.1) is 11.8 Å². The van der Waals surface area contributed by atoms with E-state index in [1.54, 1.807) is 20.8 Å². The van der Waals surface area contributed by atoms with E-state index in [1.165, 1.54) is 10.0 Å². The Bertz CT molecular complexity index is 513. The molecule has 0 unspecified atom stereocenters. The lowest BCUT2D eigenvalue weighted by molar-refractivity contribution is -0.161. The summed E-state index contributed by atoms with van der Waals surface area (Å²) in [6, 6.07) is 0. The molecule has 0 aromatic heterocycles. The molecule has 26 heavy (non-hydrogen) atoms. The zero-order valence-electron chi connectivity index (χ0n) is 16.0. The highest BCUT2D eigenvalue weighted by molar-refractivity contribution is 5.82. The van der Waals surface area contributed by atoms with Gasteiger partial charge in [0.05, 0.1) is 12.5 Å². The maximum atomic E-state index is 13.1. The van der Waals surface area contributed by atoms with Crippen molar-refractivity contribution in [3.8, 4) is 0 Å². The molecule has 0 aromatic rings. The van der Waals surface area contributed by atoms with Crippen LogP contribution in [0.1, 0.15) is 59.3 Å². The lowest BCUT2D eigenvalue weighted by atomic mass is 9.92. The molecule has 148 valence electrons. The van der Waals surface area contributed by atoms with Gasteiger partial charge in [-0.25, -0.2) is 19.9 Å². The molecule has 1 aliphatic heterocycles. The van der Waals surface area contributed by atoms with E-state index in [0.717, 1.165) is 25.7 Å². The number of amides is 3. The van der Waals surface area contributed by atoms with Crippen molar-refractivity contribution < 1.29 is 24.3 Å². The summed E-state index contributed by atoms with van der Waals surface area (Å²) in [4.78, 5) is 36.3. The number of carbonyl (C=O) groups is 3. The molecule has 1 saturated heterocycles. The SMILES string of the molecule is CC(C)(C)OC(=O)N1CCCN1C(=O)[C@H](CC1CCCC1)CN(O)C=O. The Labute approximate surface area is 155 Å². The fourth-order valence-electron chi connectivity index (χ4n) is 3.73. The van der Waals surface area contributed by atoms with E-state index < -0.39 is 17.6 Å². The molecule has 8 nitrogen and oxygen atoms in total. The average Bonchev–Trinajstić information content (AvgIpc) is 3.23. The molecule has 0 spiro atoms. The van der Waals surface area contributed by atoms with Gasteiger partial charge in [-0.2, -0.15) is 0 Å². The van der Waals surface area contributed by atoms with Crippen LogP contribution in [-0.2, 0) is 14.3 Å². The first-order chi connectivity index (χ1) is 12.2. The number of ether oxygens (including phenoxy) is 1. The smallest absolute Gasteiger partial charge is 0.429 e. The summed E-state index contributed by atoms with van der Waals surface area (Å²) in [5.74, 6) is -0.348. The Hall–Kier alpha value is -1.83. The molecule has 2 rings (SSSR count). The van der Waals surface area contributed by atoms with Crippen molar-refractivity contribution in [3.63, 3.8) is 0 Å². The maximum Gasteiger partial charge on any atom is 0.429 e. The van der Waals surface area contributed by atoms with E-state index >= 15 is 0 Å². The normalized spacial score (nSPS) is 19.5. The minimum absolute atomic E-state index is 0.0580. The Morgan fingerprint density at radius 2 is 1.81 bits per heavy atom. The van der Waals surface area contributed by atoms with E-state index in [1.807, 2.05) is 0 Å². The molecule has 1 heterocycles. The second-order valence-electron chi connectivity index (χ2n) is 8.23. The van der Waals surface area contributed by atoms with Crippen molar-refractivity contribution in [2.45, 2.75) is 64.9 Å². The molecule has 1 N–H and O–H groups in total. The van der Waals surface area contributed by atoms with Crippen LogP contribution in [0.4, 0.5) is 4.79 Å². The quantitative estimate of drug-likeness (QED) is 0.441. The number of nitrogens with zero attached hydrogens (tertiary/aromatic N) is 3. The highest BCUT2D eigenvalue weighted by Gasteiger charge is 2.38. The fraction of sp³-hybridized carbons (Fsp3) is 0.833. The zero-order valence-corrected chi connectivity index (χ0v) is 16.0. The number of hydrogen-bond acceptors (Lipinski definition) is 5. The van der Waals surface area contributed by atoms with Gasteiger partial charge in [0.2, 0.25) is 12.3 Å². The molecule has 0 aromatic carbocycles. The molecular weight excluding hydrogens is 338 g/mol. The van der Waals surface area contributed by atoms with Gasteiger partial charge in [-0.1, -0.05) is 25.7 Å². The summed E-state index contributed by atoms with van der Waals surface area (Å²) in [6.07, 6.45) is 5.48. The minimum atomic E-state index is -0.642. The third-order valence-corrected chi connectivity index (χ3v) is 4.86. The minimum Gasteiger partial charge on any atom is -0.442 e. The number of hydrogen-bond donors (Lipinski definition) is 1. The maximum absolute atomic E-state index is 13.1. The standard InChI is InChI=1S/C18H31N3O5/c1-18(2,3)26-17(24)21-10-6-9-20(21)16(23)15(12-19(25)13-22)11-14-7-4-5-8-14/h13-15,25H,4-12H2,1-3H3/t15-/m1/s1. The van der Waals surface area contributed by atoms with Crippen molar-refractivity contribution in [2.24, 2.45) is 11.8 Å². The van der Waals surface area contributed by atoms with Crippen molar-refractivity contribution in [3.05, 3.63) is 0 Å². The van der Waals surface area contributed by atoms with Crippen molar-refractivity contribution in [2.75, 3.05) is 19.6 Å². The van der Waals surface area contributed by atoms with Crippen LogP contribution in [-0.4, -0.2) is 63.9 Å². The van der Waals surface area contributed by atoms with Gasteiger partial charge in [0.1, 0.15) is 5.60 Å². The summed E-state index contributed by atoms with van der Waals surface area (Å²) in [5.41, 5.74) is -0.642. The van der Waals surface area contributed by atoms with Gasteiger partial charge in [-0.05, 0) is 39.5 Å². The molecule has 0 bridgehead atoms. The van der Waals surface area contributed by atoms with Gasteiger partial charge in [0.15, 0.2) is 0 Å². The summed E-state index contributed by atoms with van der Waals surface area (Å²) in [5, 5.41) is 12.9. The Morgan fingerprint density at radius 3 is 2.38 bits per heavy atom. The molecule has 2 fully saturated rings. The van der Waals surface area contributed by atoms with Gasteiger partial charge in [0, 0.05) is 13.1 Å². The number of hydrazine groups is 1. The van der Waals surface area contributed by atoms with Crippen molar-refractivity contribution >= 4 is 18.4 Å². The third kappa shape index (κ3) is 5.59. The highest BCUT2D eigenvalue weighted by atomic mass is 16.6. The van der Waals surface area contributed by atoms with Gasteiger partial charge in [-0.15, -0.1) is 0 Å². The van der Waals surface area contributed by atoms with E-state index in [4.69, 9.17) is 4.74 Å². The van der Waals surface area contributed by atoms with E-state index in [2.05, 4.69) is 0 Å². The van der Waals surface area contributed by atoms with Gasteiger partial charge in [-0.3, -0.25) is 14.8 Å². The monoisotopic (exact) mass is 369 g/mol. The van der Waals surface area contributed by atoms with Crippen LogP contribution in [0.15, 0.2) is 0 Å². The van der Waals surface area contributed by atoms with Gasteiger partial charge in [0.25, 0.3) is 0 Å². The molecule has 1 saturated carbocycles. The predicted octanol–water partition coefficient (Wildman–Crippen LogP) is 2.41. The number of hydroxylamine groups is 2. The second kappa shape index (κ2) is 8.70. The summed E-state index contributed by atoms with van der Waals surface area (Å²) in [6.45, 7) is 6.15. The highest BCUT2D eigenvalue weighted by Crippen LogP contribution is 2.32. The Balaban J connectivity index is 2.08. The van der Waals surface area contributed by atoms with Gasteiger partial charge >= 0.3 is 6.09 Å². The molecule has 2 aliphatic rings. The third-order valence-electron chi connectivity index (χ3n) is 4.86. The van der Waals surface area contributed by atoms with Crippen LogP contribution < -0.4 is 0 Å². The Morgan fingerprint density at radius 1 is 1.19 bits per heavy atom. The summed E-state index contributed by atoms with van der Waals surface area (Å²) < 4.78 is 5.39. The zero-order chi connectivity index (χ0) is 19.3. The number of rotatable bonds is 6. The van der Waals surface area contributed by atoms with Crippen molar-refractivity contribution in [1.29, 1.82) is 0 Å². The molecule has 0 radical (unpaired) electrons. The molecule has 8 heteroatoms. The summed E-state index contributed by atoms with van der Waals surface area (Å²) in [7, 11) is 0.